The number of nitrogens with zero attached hydrogens (tertiary/aromatic N) is 2. The van der Waals surface area contributed by atoms with Gasteiger partial charge in [-0.15, -0.1) is 0 Å². The van der Waals surface area contributed by atoms with Crippen molar-refractivity contribution < 1.29 is 0 Å². The molecule has 0 aliphatic heterocycles. The average molecular weight is 997 g/mol. The zero-order valence-electron chi connectivity index (χ0n) is 43.8. The molecule has 0 fully saturated rings. The molecule has 1 heterocycles. The van der Waals surface area contributed by atoms with Gasteiger partial charge in [0.25, 0.3) is 0 Å². The summed E-state index contributed by atoms with van der Waals surface area (Å²) in [5.41, 5.74) is 26.9. The lowest BCUT2D eigenvalue weighted by molar-refractivity contribution is 0.660. The molecule has 1 aromatic heterocycles. The minimum Gasteiger partial charge on any atom is -0.337 e. The average Bonchev–Trinajstić information content (AvgIpc) is 4.20. The molecule has 0 saturated heterocycles. The molecule has 0 unspecified atom stereocenters. The first-order valence-corrected chi connectivity index (χ1v) is 27.2. The molecule has 0 bridgehead atoms. The molecule has 0 spiro atoms. The Balaban J connectivity index is 0.820. The minimum atomic E-state index is -0.0952. The number of aromatic nitrogens is 1. The molecule has 2 heteroatoms. The zero-order valence-corrected chi connectivity index (χ0v) is 43.8. The van der Waals surface area contributed by atoms with E-state index < -0.39 is 0 Å². The largest absolute Gasteiger partial charge is 0.337 e. The summed E-state index contributed by atoms with van der Waals surface area (Å²) in [5.74, 6) is 0. The number of para-hydroxylation sites is 1. The predicted molar refractivity (Wildman–Crippen MR) is 330 cm³/mol. The lowest BCUT2D eigenvalue weighted by Gasteiger charge is -2.27. The second kappa shape index (κ2) is 19.4. The van der Waals surface area contributed by atoms with Crippen LogP contribution in [-0.2, 0) is 12.0 Å². The summed E-state index contributed by atoms with van der Waals surface area (Å²) in [7, 11) is 0. The quantitative estimate of drug-likeness (QED) is 0.125. The summed E-state index contributed by atoms with van der Waals surface area (Å²) < 4.78 is 2.48. The van der Waals surface area contributed by atoms with E-state index in [0.717, 1.165) is 11.4 Å². The van der Waals surface area contributed by atoms with Crippen LogP contribution in [0.25, 0.3) is 105 Å². The molecule has 12 aromatic carbocycles. The minimum absolute atomic E-state index is 0.0952. The van der Waals surface area contributed by atoms with E-state index in [2.05, 4.69) is 315 Å². The third-order valence-electron chi connectivity index (χ3n) is 16.4. The van der Waals surface area contributed by atoms with Crippen molar-refractivity contribution in [2.45, 2.75) is 25.8 Å². The van der Waals surface area contributed by atoms with Gasteiger partial charge in [0.05, 0.1) is 11.0 Å². The van der Waals surface area contributed by atoms with E-state index in [9.17, 15) is 0 Å². The van der Waals surface area contributed by atoms with Crippen LogP contribution < -0.4 is 4.90 Å². The van der Waals surface area contributed by atoms with E-state index in [1.54, 1.807) is 0 Å². The van der Waals surface area contributed by atoms with Crippen LogP contribution in [0.15, 0.2) is 291 Å². The van der Waals surface area contributed by atoms with Crippen molar-refractivity contribution in [3.63, 3.8) is 0 Å². The van der Waals surface area contributed by atoms with Gasteiger partial charge in [0.1, 0.15) is 0 Å². The van der Waals surface area contributed by atoms with Gasteiger partial charge in [0, 0.05) is 39.8 Å². The van der Waals surface area contributed by atoms with Gasteiger partial charge >= 0.3 is 0 Å². The van der Waals surface area contributed by atoms with Crippen molar-refractivity contribution >= 4 is 33.2 Å². The molecular formula is C76H56N2. The van der Waals surface area contributed by atoms with Gasteiger partial charge in [0.15, 0.2) is 0 Å². The maximum absolute atomic E-state index is 2.48. The van der Waals surface area contributed by atoms with Gasteiger partial charge in [-0.05, 0) is 149 Å². The molecule has 0 amide bonds. The molecule has 13 aromatic rings. The van der Waals surface area contributed by atoms with Crippen LogP contribution in [0.1, 0.15) is 30.5 Å². The highest BCUT2D eigenvalue weighted by Gasteiger charge is 2.35. The highest BCUT2D eigenvalue weighted by molar-refractivity contribution is 6.16. The highest BCUT2D eigenvalue weighted by Crippen LogP contribution is 2.50. The van der Waals surface area contributed by atoms with Crippen LogP contribution in [0.5, 0.6) is 0 Å². The molecule has 0 N–H and O–H groups in total. The van der Waals surface area contributed by atoms with Crippen molar-refractivity contribution in [1.29, 1.82) is 0 Å². The van der Waals surface area contributed by atoms with E-state index >= 15 is 0 Å². The maximum atomic E-state index is 2.48. The maximum Gasteiger partial charge on any atom is 0.0547 e. The lowest BCUT2D eigenvalue weighted by atomic mass is 9.82. The molecule has 0 radical (unpaired) electrons. The SMILES string of the molecule is CC1(C)c2ccccc2-c2ccc(-n3c4ccccc4c4c(-c5cccc(-c6ccccc6CN(c6ccc(-c7ccc(-c8ccccc8)cc7)cc6)c6ccc(-c7ccc(-c8ccccc8)cc7)cc6)c5)cccc43)cc21. The molecule has 0 atom stereocenters. The molecule has 1 aliphatic rings. The Bertz CT molecular complexity index is 4190. The second-order valence-electron chi connectivity index (χ2n) is 21.3. The van der Waals surface area contributed by atoms with Gasteiger partial charge in [-0.1, -0.05) is 250 Å². The monoisotopic (exact) mass is 996 g/mol. The number of fused-ring (bicyclic) bond motifs is 6. The van der Waals surface area contributed by atoms with E-state index in [-0.39, 0.29) is 5.41 Å². The molecule has 14 rings (SSSR count). The molecular weight excluding hydrogens is 941 g/mol. The van der Waals surface area contributed by atoms with E-state index in [1.165, 1.54) is 122 Å². The second-order valence-corrected chi connectivity index (χ2v) is 21.3. The fourth-order valence-electron chi connectivity index (χ4n) is 12.3. The Kier molecular flexibility index (Phi) is 11.6. The first kappa shape index (κ1) is 46.7. The van der Waals surface area contributed by atoms with Crippen molar-refractivity contribution in [3.05, 3.63) is 308 Å². The van der Waals surface area contributed by atoms with Gasteiger partial charge in [-0.2, -0.15) is 0 Å². The Morgan fingerprint density at radius 3 is 1.33 bits per heavy atom. The Hall–Kier alpha value is -9.76. The van der Waals surface area contributed by atoms with Crippen molar-refractivity contribution in [2.75, 3.05) is 4.90 Å². The molecule has 1 aliphatic carbocycles. The lowest BCUT2D eigenvalue weighted by Crippen LogP contribution is -2.17. The summed E-state index contributed by atoms with van der Waals surface area (Å²) in [6.07, 6.45) is 0. The summed E-state index contributed by atoms with van der Waals surface area (Å²) in [4.78, 5) is 2.46. The van der Waals surface area contributed by atoms with Gasteiger partial charge in [-0.25, -0.2) is 0 Å². The molecule has 2 nitrogen and oxygen atoms in total. The number of hydrogen-bond donors (Lipinski definition) is 0. The van der Waals surface area contributed by atoms with Crippen LogP contribution in [0.4, 0.5) is 11.4 Å². The summed E-state index contributed by atoms with van der Waals surface area (Å²) in [6.45, 7) is 5.40. The van der Waals surface area contributed by atoms with E-state index in [0.29, 0.717) is 6.54 Å². The Morgan fingerprint density at radius 2 is 0.731 bits per heavy atom. The van der Waals surface area contributed by atoms with Gasteiger partial charge < -0.3 is 9.47 Å². The van der Waals surface area contributed by atoms with Crippen LogP contribution in [-0.4, -0.2) is 4.57 Å². The Morgan fingerprint density at radius 1 is 0.308 bits per heavy atom. The van der Waals surface area contributed by atoms with Crippen LogP contribution in [0, 0.1) is 0 Å². The number of hydrogen-bond acceptors (Lipinski definition) is 1. The van der Waals surface area contributed by atoms with Crippen molar-refractivity contribution in [3.8, 4) is 83.6 Å². The predicted octanol–water partition coefficient (Wildman–Crippen LogP) is 20.4. The van der Waals surface area contributed by atoms with Gasteiger partial charge in [-0.3, -0.25) is 0 Å². The van der Waals surface area contributed by atoms with Crippen LogP contribution in [0.2, 0.25) is 0 Å². The third-order valence-corrected chi connectivity index (χ3v) is 16.4. The van der Waals surface area contributed by atoms with Crippen molar-refractivity contribution in [1.82, 2.24) is 4.57 Å². The molecule has 0 saturated carbocycles. The fraction of sp³-hybridized carbons (Fsp3) is 0.0526. The first-order chi connectivity index (χ1) is 38.4. The zero-order chi connectivity index (χ0) is 52.2. The topological polar surface area (TPSA) is 8.17 Å². The summed E-state index contributed by atoms with van der Waals surface area (Å²) >= 11 is 0. The van der Waals surface area contributed by atoms with E-state index in [1.807, 2.05) is 0 Å². The number of anilines is 2. The molecule has 78 heavy (non-hydrogen) atoms. The summed E-state index contributed by atoms with van der Waals surface area (Å²) in [5, 5.41) is 2.51. The highest BCUT2D eigenvalue weighted by atomic mass is 15.1. The third kappa shape index (κ3) is 8.31. The van der Waals surface area contributed by atoms with Gasteiger partial charge in [0.2, 0.25) is 0 Å². The van der Waals surface area contributed by atoms with Crippen LogP contribution >= 0.6 is 0 Å². The van der Waals surface area contributed by atoms with Crippen LogP contribution in [0.3, 0.4) is 0 Å². The normalized spacial score (nSPS) is 12.4. The number of benzene rings is 12. The standard InChI is InChI=1S/C76H56N2/c1-76(2)71-28-13-11-25-68(71)69-48-47-65(50-72(69)76)78-73-29-14-12-26-70(73)75-67(27-16-30-74(75)78)61-23-15-22-60(49-61)66-24-10-9-21-62(66)51-77(63-43-39-58(40-44-63)56-35-31-54(32-36-56)52-17-5-3-6-18-52)64-45-41-59(42-46-64)57-37-33-55(34-38-57)53-19-7-4-8-20-53/h3-50H,51H2,1-2H3. The number of rotatable bonds is 11. The molecule has 370 valence electrons. The Labute approximate surface area is 457 Å². The summed E-state index contributed by atoms with van der Waals surface area (Å²) in [6, 6.07) is 107. The van der Waals surface area contributed by atoms with Crippen molar-refractivity contribution in [2.24, 2.45) is 0 Å². The van der Waals surface area contributed by atoms with E-state index in [4.69, 9.17) is 0 Å². The smallest absolute Gasteiger partial charge is 0.0547 e. The fourth-order valence-corrected chi connectivity index (χ4v) is 12.3. The first-order valence-electron chi connectivity index (χ1n) is 27.2.